The molecule has 216 valence electrons. The van der Waals surface area contributed by atoms with Crippen molar-refractivity contribution in [2.24, 2.45) is 0 Å². The zero-order valence-corrected chi connectivity index (χ0v) is 25.4. The van der Waals surface area contributed by atoms with Crippen molar-refractivity contribution in [2.45, 2.75) is 0 Å². The van der Waals surface area contributed by atoms with Crippen LogP contribution in [0.2, 0.25) is 0 Å². The zero-order valence-electron chi connectivity index (χ0n) is 24.6. The molecule has 0 fully saturated rings. The standard InChI is InChI=1S/C42H25NO2S/c1-2-11-26(12-3-1)28-23-24-34(41-31-14-5-8-18-36(31)45-42(28)41)43(27-21-22-30-29-13-4-7-17-35(29)44-37(30)25-27)33-16-10-20-39-40(33)32-15-6-9-19-38(32)46-39/h1-25H. The molecule has 0 saturated carbocycles. The van der Waals surface area contributed by atoms with Crippen LogP contribution in [0.3, 0.4) is 0 Å². The van der Waals surface area contributed by atoms with Crippen LogP contribution in [0.15, 0.2) is 160 Å². The molecule has 0 bridgehead atoms. The highest BCUT2D eigenvalue weighted by Crippen LogP contribution is 2.50. The van der Waals surface area contributed by atoms with E-state index >= 15 is 0 Å². The average Bonchev–Trinajstić information content (AvgIpc) is 3.80. The van der Waals surface area contributed by atoms with Gasteiger partial charge in [-0.3, -0.25) is 0 Å². The summed E-state index contributed by atoms with van der Waals surface area (Å²) < 4.78 is 15.7. The highest BCUT2D eigenvalue weighted by Gasteiger charge is 2.25. The van der Waals surface area contributed by atoms with Crippen molar-refractivity contribution in [1.82, 2.24) is 0 Å². The van der Waals surface area contributed by atoms with Crippen LogP contribution in [0, 0.1) is 0 Å². The summed E-state index contributed by atoms with van der Waals surface area (Å²) in [7, 11) is 0. The second kappa shape index (κ2) is 9.83. The van der Waals surface area contributed by atoms with E-state index in [1.165, 1.54) is 20.2 Å². The topological polar surface area (TPSA) is 29.5 Å². The lowest BCUT2D eigenvalue weighted by Gasteiger charge is -2.27. The fourth-order valence-corrected chi connectivity index (χ4v) is 8.17. The molecule has 0 atom stereocenters. The molecule has 10 rings (SSSR count). The number of fused-ring (bicyclic) bond motifs is 9. The van der Waals surface area contributed by atoms with Crippen molar-refractivity contribution in [2.75, 3.05) is 4.90 Å². The van der Waals surface area contributed by atoms with Gasteiger partial charge in [0.1, 0.15) is 22.3 Å². The normalized spacial score (nSPS) is 11.9. The lowest BCUT2D eigenvalue weighted by molar-refractivity contribution is 0.669. The smallest absolute Gasteiger partial charge is 0.145 e. The number of hydrogen-bond acceptors (Lipinski definition) is 4. The van der Waals surface area contributed by atoms with E-state index in [2.05, 4.69) is 138 Å². The first kappa shape index (κ1) is 25.5. The van der Waals surface area contributed by atoms with E-state index in [4.69, 9.17) is 8.83 Å². The number of nitrogens with zero attached hydrogens (tertiary/aromatic N) is 1. The van der Waals surface area contributed by atoms with Gasteiger partial charge in [0.15, 0.2) is 0 Å². The number of para-hydroxylation sites is 2. The zero-order chi connectivity index (χ0) is 30.2. The summed E-state index contributed by atoms with van der Waals surface area (Å²) in [6, 6.07) is 53.5. The fraction of sp³-hybridized carbons (Fsp3) is 0. The van der Waals surface area contributed by atoms with E-state index < -0.39 is 0 Å². The SMILES string of the molecule is c1ccc(-c2ccc(N(c3ccc4c(c3)oc3ccccc34)c3cccc4sc5ccccc5c34)c3c2oc2ccccc23)cc1. The van der Waals surface area contributed by atoms with E-state index in [9.17, 15) is 0 Å². The number of anilines is 3. The molecule has 0 unspecified atom stereocenters. The summed E-state index contributed by atoms with van der Waals surface area (Å²) >= 11 is 1.83. The van der Waals surface area contributed by atoms with Crippen LogP contribution in [0.1, 0.15) is 0 Å². The highest BCUT2D eigenvalue weighted by molar-refractivity contribution is 7.26. The first-order valence-electron chi connectivity index (χ1n) is 15.4. The molecule has 3 heterocycles. The molecule has 10 aromatic rings. The molecule has 0 saturated heterocycles. The fourth-order valence-electron chi connectivity index (χ4n) is 7.05. The van der Waals surface area contributed by atoms with Gasteiger partial charge in [-0.15, -0.1) is 11.3 Å². The summed E-state index contributed by atoms with van der Waals surface area (Å²) in [5, 5.41) is 6.89. The Morgan fingerprint density at radius 3 is 1.98 bits per heavy atom. The van der Waals surface area contributed by atoms with Crippen molar-refractivity contribution in [3.05, 3.63) is 152 Å². The van der Waals surface area contributed by atoms with Crippen LogP contribution in [0.25, 0.3) is 75.2 Å². The average molecular weight is 608 g/mol. The first-order valence-corrected chi connectivity index (χ1v) is 16.2. The molecule has 0 aliphatic rings. The van der Waals surface area contributed by atoms with Gasteiger partial charge < -0.3 is 13.7 Å². The molecule has 0 radical (unpaired) electrons. The molecule has 3 nitrogen and oxygen atoms in total. The van der Waals surface area contributed by atoms with Gasteiger partial charge in [0.05, 0.1) is 16.8 Å². The summed E-state index contributed by atoms with van der Waals surface area (Å²) in [6.07, 6.45) is 0. The summed E-state index contributed by atoms with van der Waals surface area (Å²) in [6.45, 7) is 0. The molecule has 46 heavy (non-hydrogen) atoms. The third-order valence-electron chi connectivity index (χ3n) is 9.07. The summed E-state index contributed by atoms with van der Waals surface area (Å²) in [5.74, 6) is 0. The quantitative estimate of drug-likeness (QED) is 0.199. The van der Waals surface area contributed by atoms with Crippen LogP contribution in [0.5, 0.6) is 0 Å². The Balaban J connectivity index is 1.33. The minimum absolute atomic E-state index is 0.861. The monoisotopic (exact) mass is 607 g/mol. The molecule has 0 aliphatic carbocycles. The minimum atomic E-state index is 0.861. The number of thiophene rings is 1. The van der Waals surface area contributed by atoms with Gasteiger partial charge in [0.25, 0.3) is 0 Å². The largest absolute Gasteiger partial charge is 0.456 e. The Labute approximate surface area is 268 Å². The van der Waals surface area contributed by atoms with Crippen molar-refractivity contribution in [1.29, 1.82) is 0 Å². The highest BCUT2D eigenvalue weighted by atomic mass is 32.1. The van der Waals surface area contributed by atoms with Crippen molar-refractivity contribution < 1.29 is 8.83 Å². The molecule has 0 spiro atoms. The van der Waals surface area contributed by atoms with E-state index in [-0.39, 0.29) is 0 Å². The van der Waals surface area contributed by atoms with E-state index in [0.717, 1.165) is 72.1 Å². The lowest BCUT2D eigenvalue weighted by Crippen LogP contribution is -2.11. The Hall–Kier alpha value is -5.84. The van der Waals surface area contributed by atoms with E-state index in [1.807, 2.05) is 29.5 Å². The van der Waals surface area contributed by atoms with Gasteiger partial charge in [-0.2, -0.15) is 0 Å². The molecular formula is C42H25NO2S. The number of benzene rings is 7. The van der Waals surface area contributed by atoms with Crippen molar-refractivity contribution in [3.8, 4) is 11.1 Å². The lowest BCUT2D eigenvalue weighted by atomic mass is 9.99. The summed E-state index contributed by atoms with van der Waals surface area (Å²) in [5.41, 5.74) is 8.89. The molecular weight excluding hydrogens is 583 g/mol. The Morgan fingerprint density at radius 1 is 0.435 bits per heavy atom. The maximum atomic E-state index is 6.71. The van der Waals surface area contributed by atoms with Gasteiger partial charge in [0.2, 0.25) is 0 Å². The Morgan fingerprint density at radius 2 is 1.11 bits per heavy atom. The van der Waals surface area contributed by atoms with Crippen LogP contribution < -0.4 is 4.90 Å². The second-order valence-electron chi connectivity index (χ2n) is 11.7. The van der Waals surface area contributed by atoms with E-state index in [0.29, 0.717) is 0 Å². The van der Waals surface area contributed by atoms with Crippen LogP contribution in [-0.2, 0) is 0 Å². The molecule has 0 N–H and O–H groups in total. The van der Waals surface area contributed by atoms with Crippen LogP contribution >= 0.6 is 11.3 Å². The minimum Gasteiger partial charge on any atom is -0.456 e. The van der Waals surface area contributed by atoms with Gasteiger partial charge >= 0.3 is 0 Å². The van der Waals surface area contributed by atoms with Gasteiger partial charge in [-0.05, 0) is 60.2 Å². The Bertz CT molecular complexity index is 2770. The van der Waals surface area contributed by atoms with Crippen LogP contribution in [0.4, 0.5) is 17.1 Å². The predicted octanol–water partition coefficient (Wildman–Crippen LogP) is 13.0. The first-order chi connectivity index (χ1) is 22.8. The molecule has 0 aliphatic heterocycles. The number of furan rings is 2. The van der Waals surface area contributed by atoms with E-state index in [1.54, 1.807) is 0 Å². The van der Waals surface area contributed by atoms with Gasteiger partial charge in [-0.1, -0.05) is 91.0 Å². The van der Waals surface area contributed by atoms with Crippen molar-refractivity contribution >= 4 is 92.4 Å². The molecule has 3 aromatic heterocycles. The van der Waals surface area contributed by atoms with Gasteiger partial charge in [0, 0.05) is 53.6 Å². The van der Waals surface area contributed by atoms with Crippen molar-refractivity contribution in [3.63, 3.8) is 0 Å². The second-order valence-corrected chi connectivity index (χ2v) is 12.7. The number of rotatable bonds is 4. The molecule has 0 amide bonds. The maximum absolute atomic E-state index is 6.71. The van der Waals surface area contributed by atoms with Gasteiger partial charge in [-0.25, -0.2) is 0 Å². The number of hydrogen-bond donors (Lipinski definition) is 0. The molecule has 4 heteroatoms. The maximum Gasteiger partial charge on any atom is 0.145 e. The third-order valence-corrected chi connectivity index (χ3v) is 10.2. The third kappa shape index (κ3) is 3.71. The predicted molar refractivity (Wildman–Crippen MR) is 194 cm³/mol. The Kier molecular flexibility index (Phi) is 5.45. The summed E-state index contributed by atoms with van der Waals surface area (Å²) in [4.78, 5) is 2.40. The van der Waals surface area contributed by atoms with Crippen LogP contribution in [-0.4, -0.2) is 0 Å². The molecule has 7 aromatic carbocycles.